The van der Waals surface area contributed by atoms with Gasteiger partial charge in [0.1, 0.15) is 11.7 Å². The summed E-state index contributed by atoms with van der Waals surface area (Å²) in [6.07, 6.45) is -0.138. The van der Waals surface area contributed by atoms with Crippen LogP contribution < -0.4 is 0 Å². The molecule has 0 radical (unpaired) electrons. The molecule has 1 aromatic carbocycles. The van der Waals surface area contributed by atoms with E-state index in [4.69, 9.17) is 14.6 Å². The first kappa shape index (κ1) is 12.4. The molecule has 1 aromatic rings. The Bertz CT molecular complexity index is 464. The predicted molar refractivity (Wildman–Crippen MR) is 67.9 cm³/mol. The fourth-order valence-corrected chi connectivity index (χ4v) is 2.58. The zero-order valence-corrected chi connectivity index (χ0v) is 10.6. The molecule has 19 heavy (non-hydrogen) atoms. The maximum atomic E-state index is 10.9. The first-order chi connectivity index (χ1) is 9.20. The molecule has 1 amide bonds. The second-order valence-corrected chi connectivity index (χ2v) is 5.13. The lowest BCUT2D eigenvalue weighted by atomic mass is 9.98. The number of hydrogen-bond donors (Lipinski definition) is 1. The minimum Gasteiger partial charge on any atom is -0.465 e. The standard InChI is InChI=1S/C14H17NO4/c16-13(17)15-7-6-14(12(8-15)19-14)10-18-9-11-4-2-1-3-5-11/h1-5,12H,6-10H2,(H,16,17). The number of nitrogens with zero attached hydrogens (tertiary/aromatic N) is 1. The maximum absolute atomic E-state index is 10.9. The predicted octanol–water partition coefficient (Wildman–Crippen LogP) is 1.72. The van der Waals surface area contributed by atoms with Crippen molar-refractivity contribution >= 4 is 6.09 Å². The van der Waals surface area contributed by atoms with Gasteiger partial charge in [0.2, 0.25) is 0 Å². The Morgan fingerprint density at radius 1 is 1.47 bits per heavy atom. The van der Waals surface area contributed by atoms with Crippen molar-refractivity contribution in [1.29, 1.82) is 0 Å². The lowest BCUT2D eigenvalue weighted by Crippen LogP contribution is -2.43. The van der Waals surface area contributed by atoms with Crippen LogP contribution in [0, 0.1) is 0 Å². The van der Waals surface area contributed by atoms with Crippen LogP contribution in [0.3, 0.4) is 0 Å². The van der Waals surface area contributed by atoms with Crippen molar-refractivity contribution in [3.63, 3.8) is 0 Å². The largest absolute Gasteiger partial charge is 0.465 e. The summed E-state index contributed by atoms with van der Waals surface area (Å²) in [5, 5.41) is 8.92. The van der Waals surface area contributed by atoms with E-state index in [2.05, 4.69) is 0 Å². The van der Waals surface area contributed by atoms with Crippen molar-refractivity contribution < 1.29 is 19.4 Å². The molecule has 2 fully saturated rings. The van der Waals surface area contributed by atoms with Gasteiger partial charge in [-0.25, -0.2) is 4.79 Å². The van der Waals surface area contributed by atoms with E-state index in [1.165, 1.54) is 4.90 Å². The third kappa shape index (κ3) is 2.57. The Morgan fingerprint density at radius 2 is 2.26 bits per heavy atom. The minimum atomic E-state index is -0.866. The monoisotopic (exact) mass is 263 g/mol. The minimum absolute atomic E-state index is 0.00752. The maximum Gasteiger partial charge on any atom is 0.407 e. The smallest absolute Gasteiger partial charge is 0.407 e. The molecule has 2 aliphatic heterocycles. The van der Waals surface area contributed by atoms with Gasteiger partial charge in [0, 0.05) is 6.54 Å². The van der Waals surface area contributed by atoms with Crippen molar-refractivity contribution in [3.8, 4) is 0 Å². The molecule has 5 nitrogen and oxygen atoms in total. The summed E-state index contributed by atoms with van der Waals surface area (Å²) < 4.78 is 11.4. The first-order valence-corrected chi connectivity index (χ1v) is 6.47. The van der Waals surface area contributed by atoms with E-state index in [1.807, 2.05) is 30.3 Å². The van der Waals surface area contributed by atoms with Crippen molar-refractivity contribution in [2.45, 2.75) is 24.7 Å². The normalized spacial score (nSPS) is 28.8. The molecule has 2 unspecified atom stereocenters. The number of likely N-dealkylation sites (tertiary alicyclic amines) is 1. The number of rotatable bonds is 4. The Labute approximate surface area is 111 Å². The third-order valence-electron chi connectivity index (χ3n) is 3.83. The van der Waals surface area contributed by atoms with Crippen LogP contribution in [0.4, 0.5) is 4.79 Å². The number of carboxylic acid groups (broad SMARTS) is 1. The Balaban J connectivity index is 1.47. The van der Waals surface area contributed by atoms with Crippen molar-refractivity contribution in [1.82, 2.24) is 4.90 Å². The van der Waals surface area contributed by atoms with E-state index in [0.29, 0.717) is 26.3 Å². The van der Waals surface area contributed by atoms with Crippen LogP contribution in [-0.2, 0) is 16.1 Å². The number of carbonyl (C=O) groups is 1. The quantitative estimate of drug-likeness (QED) is 0.840. The lowest BCUT2D eigenvalue weighted by Gasteiger charge is -2.25. The molecule has 2 aliphatic rings. The Morgan fingerprint density at radius 3 is 2.95 bits per heavy atom. The Kier molecular flexibility index (Phi) is 3.16. The average molecular weight is 263 g/mol. The molecule has 1 N–H and O–H groups in total. The molecule has 0 bridgehead atoms. The van der Waals surface area contributed by atoms with Crippen LogP contribution >= 0.6 is 0 Å². The number of ether oxygens (including phenoxy) is 2. The summed E-state index contributed by atoms with van der Waals surface area (Å²) in [6, 6.07) is 9.99. The zero-order chi connectivity index (χ0) is 13.3. The van der Waals surface area contributed by atoms with Crippen LogP contribution in [0.25, 0.3) is 0 Å². The van der Waals surface area contributed by atoms with Crippen molar-refractivity contribution in [2.75, 3.05) is 19.7 Å². The van der Waals surface area contributed by atoms with Crippen LogP contribution in [0.1, 0.15) is 12.0 Å². The number of amides is 1. The third-order valence-corrected chi connectivity index (χ3v) is 3.83. The van der Waals surface area contributed by atoms with Crippen LogP contribution in [0.5, 0.6) is 0 Å². The summed E-state index contributed by atoms with van der Waals surface area (Å²) >= 11 is 0. The summed E-state index contributed by atoms with van der Waals surface area (Å²) in [5.74, 6) is 0. The van der Waals surface area contributed by atoms with E-state index < -0.39 is 6.09 Å². The molecule has 0 aliphatic carbocycles. The van der Waals surface area contributed by atoms with Gasteiger partial charge in [-0.15, -0.1) is 0 Å². The van der Waals surface area contributed by atoms with Gasteiger partial charge < -0.3 is 19.5 Å². The van der Waals surface area contributed by atoms with Gasteiger partial charge in [0.25, 0.3) is 0 Å². The summed E-state index contributed by atoms with van der Waals surface area (Å²) in [6.45, 7) is 2.10. The van der Waals surface area contributed by atoms with Gasteiger partial charge in [0.05, 0.1) is 19.8 Å². The van der Waals surface area contributed by atoms with Crippen LogP contribution in [-0.4, -0.2) is 47.5 Å². The summed E-state index contributed by atoms with van der Waals surface area (Å²) in [7, 11) is 0. The molecule has 2 atom stereocenters. The molecular formula is C14H17NO4. The van der Waals surface area contributed by atoms with Gasteiger partial charge >= 0.3 is 6.09 Å². The molecule has 5 heteroatoms. The first-order valence-electron chi connectivity index (χ1n) is 6.47. The highest BCUT2D eigenvalue weighted by molar-refractivity contribution is 5.65. The summed E-state index contributed by atoms with van der Waals surface area (Å²) in [4.78, 5) is 12.3. The molecule has 2 saturated heterocycles. The lowest BCUT2D eigenvalue weighted by molar-refractivity contribution is 0.0579. The second kappa shape index (κ2) is 4.83. The molecule has 0 spiro atoms. The molecular weight excluding hydrogens is 246 g/mol. The highest BCUT2D eigenvalue weighted by Gasteiger charge is 2.59. The number of epoxide rings is 1. The molecule has 0 saturated carbocycles. The van der Waals surface area contributed by atoms with Gasteiger partial charge in [0.15, 0.2) is 0 Å². The highest BCUT2D eigenvalue weighted by atomic mass is 16.6. The van der Waals surface area contributed by atoms with Gasteiger partial charge in [-0.1, -0.05) is 30.3 Å². The summed E-state index contributed by atoms with van der Waals surface area (Å²) in [5.41, 5.74) is 0.903. The van der Waals surface area contributed by atoms with E-state index in [0.717, 1.165) is 12.0 Å². The molecule has 102 valence electrons. The highest BCUT2D eigenvalue weighted by Crippen LogP contribution is 2.43. The van der Waals surface area contributed by atoms with E-state index in [1.54, 1.807) is 0 Å². The number of fused-ring (bicyclic) bond motifs is 1. The Hall–Kier alpha value is -1.59. The number of benzene rings is 1. The van der Waals surface area contributed by atoms with E-state index in [9.17, 15) is 4.79 Å². The fourth-order valence-electron chi connectivity index (χ4n) is 2.58. The zero-order valence-electron chi connectivity index (χ0n) is 10.6. The van der Waals surface area contributed by atoms with E-state index >= 15 is 0 Å². The van der Waals surface area contributed by atoms with Crippen molar-refractivity contribution in [3.05, 3.63) is 35.9 Å². The second-order valence-electron chi connectivity index (χ2n) is 5.13. The van der Waals surface area contributed by atoms with Gasteiger partial charge in [-0.05, 0) is 12.0 Å². The molecule has 2 heterocycles. The van der Waals surface area contributed by atoms with Crippen molar-refractivity contribution in [2.24, 2.45) is 0 Å². The fraction of sp³-hybridized carbons (Fsp3) is 0.500. The molecule has 3 rings (SSSR count). The van der Waals surface area contributed by atoms with Crippen LogP contribution in [0.2, 0.25) is 0 Å². The van der Waals surface area contributed by atoms with E-state index in [-0.39, 0.29) is 11.7 Å². The van der Waals surface area contributed by atoms with Gasteiger partial charge in [-0.2, -0.15) is 0 Å². The van der Waals surface area contributed by atoms with Crippen LogP contribution in [0.15, 0.2) is 30.3 Å². The van der Waals surface area contributed by atoms with Gasteiger partial charge in [-0.3, -0.25) is 0 Å². The average Bonchev–Trinajstić information content (AvgIpc) is 3.13. The molecule has 0 aromatic heterocycles. The number of piperidine rings is 1. The topological polar surface area (TPSA) is 62.3 Å². The number of hydrogen-bond acceptors (Lipinski definition) is 3. The SMILES string of the molecule is O=C(O)N1CCC2(COCc3ccccc3)OC2C1.